The second kappa shape index (κ2) is 15.7. The molecule has 2 atom stereocenters. The highest BCUT2D eigenvalue weighted by Gasteiger charge is 2.72. The fourth-order valence-electron chi connectivity index (χ4n) is 4.27. The van der Waals surface area contributed by atoms with Crippen LogP contribution in [0.25, 0.3) is 0 Å². The van der Waals surface area contributed by atoms with Crippen molar-refractivity contribution in [1.29, 1.82) is 0 Å². The van der Waals surface area contributed by atoms with Crippen LogP contribution in [-0.4, -0.2) is 70.3 Å². The van der Waals surface area contributed by atoms with Crippen LogP contribution in [0.15, 0.2) is 0 Å². The van der Waals surface area contributed by atoms with E-state index in [0.717, 1.165) is 13.3 Å². The van der Waals surface area contributed by atoms with Crippen LogP contribution in [0.1, 0.15) is 106 Å². The Morgan fingerprint density at radius 3 is 1.26 bits per heavy atom. The summed E-state index contributed by atoms with van der Waals surface area (Å²) in [6.45, 7) is 10.1. The molecule has 1 saturated carbocycles. The van der Waals surface area contributed by atoms with E-state index in [-0.39, 0.29) is 0 Å². The van der Waals surface area contributed by atoms with Crippen molar-refractivity contribution in [1.82, 2.24) is 0 Å². The Balaban J connectivity index is 0.000000923. The third-order valence-electron chi connectivity index (χ3n) is 8.57. The molecule has 0 aliphatic heterocycles. The monoisotopic (exact) mass is 716 g/mol. The maximum atomic E-state index is 13.1. The average Bonchev–Trinajstić information content (AvgIpc) is 2.90. The predicted octanol–water partition coefficient (Wildman–Crippen LogP) is 8.76. The minimum atomic E-state index is -5.93. The van der Waals surface area contributed by atoms with Crippen molar-refractivity contribution in [2.24, 2.45) is 16.7 Å². The number of carbonyl (C=O) groups is 2. The van der Waals surface area contributed by atoms with Gasteiger partial charge in [0.15, 0.2) is 0 Å². The highest BCUT2D eigenvalue weighted by molar-refractivity contribution is 5.76. The lowest BCUT2D eigenvalue weighted by atomic mass is 9.80. The van der Waals surface area contributed by atoms with Gasteiger partial charge in [-0.3, -0.25) is 9.59 Å². The van der Waals surface area contributed by atoms with E-state index in [0.29, 0.717) is 38.5 Å². The summed E-state index contributed by atoms with van der Waals surface area (Å²) in [5.41, 5.74) is -11.9. The smallest absolute Gasteiger partial charge is 0.426 e. The Labute approximate surface area is 265 Å². The molecule has 2 N–H and O–H groups in total. The van der Waals surface area contributed by atoms with E-state index in [1.165, 1.54) is 27.7 Å². The Bertz CT molecular complexity index is 981. The molecule has 1 fully saturated rings. The number of esters is 2. The summed E-state index contributed by atoms with van der Waals surface area (Å²) in [7, 11) is 0. The molecule has 0 saturated heterocycles. The molecule has 0 spiro atoms. The van der Waals surface area contributed by atoms with E-state index in [9.17, 15) is 67.4 Å². The summed E-state index contributed by atoms with van der Waals surface area (Å²) < 4.78 is 163. The van der Waals surface area contributed by atoms with Crippen LogP contribution in [-0.2, 0) is 19.1 Å². The number of alkyl halides is 12. The minimum absolute atomic E-state index is 0.293. The molecule has 0 radical (unpaired) electrons. The number of hydrogen-bond donors (Lipinski definition) is 2. The first-order chi connectivity index (χ1) is 20.7. The Morgan fingerprint density at radius 2 is 0.936 bits per heavy atom. The first-order valence-corrected chi connectivity index (χ1v) is 14.9. The molecule has 0 aromatic carbocycles. The molecule has 1 rings (SSSR count). The Morgan fingerprint density at radius 1 is 0.617 bits per heavy atom. The van der Waals surface area contributed by atoms with E-state index in [4.69, 9.17) is 9.84 Å². The van der Waals surface area contributed by atoms with Crippen LogP contribution in [0.3, 0.4) is 0 Å². The van der Waals surface area contributed by atoms with E-state index < -0.39 is 89.6 Å². The van der Waals surface area contributed by atoms with Crippen LogP contribution in [0.2, 0.25) is 0 Å². The van der Waals surface area contributed by atoms with Gasteiger partial charge >= 0.3 is 36.6 Å². The maximum absolute atomic E-state index is 13.1. The third kappa shape index (κ3) is 11.6. The number of carbonyl (C=O) groups excluding carboxylic acids is 2. The number of hydrogen-bond acceptors (Lipinski definition) is 6. The zero-order valence-corrected chi connectivity index (χ0v) is 27.2. The molecule has 0 aromatic rings. The van der Waals surface area contributed by atoms with Gasteiger partial charge in [0.05, 0.1) is 10.8 Å². The largest absolute Gasteiger partial charge is 0.462 e. The summed E-state index contributed by atoms with van der Waals surface area (Å²) in [6, 6.07) is 0. The minimum Gasteiger partial charge on any atom is -0.462 e. The highest BCUT2D eigenvalue weighted by Crippen LogP contribution is 2.49. The molecular weight excluding hydrogens is 672 g/mol. The zero-order valence-electron chi connectivity index (χ0n) is 27.2. The molecular formula is C29H44F12O6. The second-order valence-electron chi connectivity index (χ2n) is 13.2. The van der Waals surface area contributed by atoms with Crippen LogP contribution >= 0.6 is 0 Å². The average molecular weight is 717 g/mol. The first-order valence-electron chi connectivity index (χ1n) is 14.9. The normalized spacial score (nSPS) is 17.7. The van der Waals surface area contributed by atoms with Crippen LogP contribution in [0, 0.1) is 16.7 Å². The van der Waals surface area contributed by atoms with Gasteiger partial charge in [-0.25, -0.2) is 0 Å². The lowest BCUT2D eigenvalue weighted by molar-refractivity contribution is -0.375. The van der Waals surface area contributed by atoms with E-state index >= 15 is 0 Å². The summed E-state index contributed by atoms with van der Waals surface area (Å²) in [4.78, 5) is 23.9. The molecule has 47 heavy (non-hydrogen) atoms. The van der Waals surface area contributed by atoms with Gasteiger partial charge in [-0.2, -0.15) is 52.7 Å². The fraction of sp³-hybridized carbons (Fsp3) is 0.931. The zero-order chi connectivity index (χ0) is 37.7. The molecule has 1 aliphatic carbocycles. The molecule has 6 nitrogen and oxygen atoms in total. The van der Waals surface area contributed by atoms with Crippen molar-refractivity contribution in [2.75, 3.05) is 0 Å². The SMILES string of the molecule is CCC(C)(C)C(=O)OC(C)CC(O)(C(F)(F)F)C(F)(F)F.CCC(C)(C)C(=O)OC(CC(O)(C(F)(F)F)C(F)(F)F)C1CCCCC1. The first kappa shape index (κ1) is 45.0. The lowest BCUT2D eigenvalue weighted by Gasteiger charge is -2.39. The lowest BCUT2D eigenvalue weighted by Crippen LogP contribution is -2.59. The van der Waals surface area contributed by atoms with Crippen LogP contribution in [0.5, 0.6) is 0 Å². The van der Waals surface area contributed by atoms with E-state index in [1.807, 2.05) is 0 Å². The molecule has 1 aliphatic rings. The van der Waals surface area contributed by atoms with Gasteiger partial charge in [-0.1, -0.05) is 33.1 Å². The molecule has 0 heterocycles. The van der Waals surface area contributed by atoms with E-state index in [2.05, 4.69) is 4.74 Å². The highest BCUT2D eigenvalue weighted by atomic mass is 19.4. The number of aliphatic hydroxyl groups is 2. The van der Waals surface area contributed by atoms with Gasteiger partial charge < -0.3 is 19.7 Å². The molecule has 0 aromatic heterocycles. The molecule has 2 unspecified atom stereocenters. The van der Waals surface area contributed by atoms with Crippen LogP contribution in [0.4, 0.5) is 52.7 Å². The third-order valence-corrected chi connectivity index (χ3v) is 8.57. The summed E-state index contributed by atoms with van der Waals surface area (Å²) in [6.07, 6.45) is -27.3. The standard InChI is InChI=1S/C17H26F6O3.C12H18F6O3/c1-4-14(2,3)13(24)26-12(11-8-6-5-7-9-11)10-15(25,16(18,19)20)17(21,22)23;1-5-9(3,4)8(19)21-7(2)6-10(20,11(13,14)15)12(16,17)18/h11-12,25H,4-10H2,1-3H3;7,20H,5-6H2,1-4H3. The van der Waals surface area contributed by atoms with Crippen molar-refractivity contribution >= 4 is 11.9 Å². The van der Waals surface area contributed by atoms with Gasteiger partial charge in [0.1, 0.15) is 12.2 Å². The van der Waals surface area contributed by atoms with Gasteiger partial charge in [-0.05, 0) is 66.2 Å². The predicted molar refractivity (Wildman–Crippen MR) is 144 cm³/mol. The Kier molecular flexibility index (Phi) is 15.0. The number of ether oxygens (including phenoxy) is 2. The van der Waals surface area contributed by atoms with Gasteiger partial charge in [-0.15, -0.1) is 0 Å². The molecule has 280 valence electrons. The van der Waals surface area contributed by atoms with Crippen LogP contribution < -0.4 is 0 Å². The molecule has 0 amide bonds. The second-order valence-corrected chi connectivity index (χ2v) is 13.2. The van der Waals surface area contributed by atoms with Crippen molar-refractivity contribution in [3.8, 4) is 0 Å². The van der Waals surface area contributed by atoms with Gasteiger partial charge in [0, 0.05) is 12.8 Å². The summed E-state index contributed by atoms with van der Waals surface area (Å²) in [5.74, 6) is -2.43. The van der Waals surface area contributed by atoms with Crippen molar-refractivity contribution in [3.63, 3.8) is 0 Å². The van der Waals surface area contributed by atoms with E-state index in [1.54, 1.807) is 13.8 Å². The van der Waals surface area contributed by atoms with Crippen molar-refractivity contribution in [3.05, 3.63) is 0 Å². The maximum Gasteiger partial charge on any atom is 0.426 e. The molecule has 18 heteroatoms. The summed E-state index contributed by atoms with van der Waals surface area (Å²) >= 11 is 0. The van der Waals surface area contributed by atoms with Crippen molar-refractivity contribution in [2.45, 2.75) is 154 Å². The Hall–Kier alpha value is -1.98. The van der Waals surface area contributed by atoms with Gasteiger partial charge in [0.25, 0.3) is 11.2 Å². The molecule has 0 bridgehead atoms. The quantitative estimate of drug-likeness (QED) is 0.164. The number of rotatable bonds is 11. The van der Waals surface area contributed by atoms with Gasteiger partial charge in [0.2, 0.25) is 0 Å². The summed E-state index contributed by atoms with van der Waals surface area (Å²) in [5, 5.41) is 18.5. The fourth-order valence-corrected chi connectivity index (χ4v) is 4.27. The topological polar surface area (TPSA) is 93.1 Å². The number of halogens is 12. The van der Waals surface area contributed by atoms with Crippen molar-refractivity contribution < 1.29 is 82.0 Å².